The van der Waals surface area contributed by atoms with Crippen LogP contribution in [0.15, 0.2) is 71.5 Å². The van der Waals surface area contributed by atoms with Gasteiger partial charge in [-0.25, -0.2) is 4.98 Å². The zero-order valence-electron chi connectivity index (χ0n) is 17.5. The second kappa shape index (κ2) is 8.52. The molecule has 6 heteroatoms. The van der Waals surface area contributed by atoms with E-state index in [0.29, 0.717) is 46.4 Å². The number of allylic oxidation sites excluding steroid dienone is 1. The average molecular weight is 445 g/mol. The number of nitrogens with zero attached hydrogens (tertiary/aromatic N) is 2. The molecule has 160 valence electrons. The van der Waals surface area contributed by atoms with Crippen molar-refractivity contribution in [1.82, 2.24) is 9.55 Å². The molecule has 0 bridgehead atoms. The smallest absolute Gasteiger partial charge is 0.261 e. The molecule has 0 amide bonds. The summed E-state index contributed by atoms with van der Waals surface area (Å²) in [6.07, 6.45) is 2.78. The van der Waals surface area contributed by atoms with Crippen LogP contribution in [0.2, 0.25) is 5.02 Å². The van der Waals surface area contributed by atoms with Crippen molar-refractivity contribution in [2.45, 2.75) is 19.6 Å². The Morgan fingerprint density at radius 3 is 2.72 bits per heavy atom. The van der Waals surface area contributed by atoms with Gasteiger partial charge in [-0.15, -0.1) is 0 Å². The van der Waals surface area contributed by atoms with Crippen LogP contribution in [0, 0.1) is 0 Å². The molecule has 3 aromatic carbocycles. The first-order chi connectivity index (χ1) is 15.6. The fourth-order valence-corrected chi connectivity index (χ4v) is 4.12. The van der Waals surface area contributed by atoms with Gasteiger partial charge in [0.2, 0.25) is 0 Å². The monoisotopic (exact) mass is 444 g/mol. The van der Waals surface area contributed by atoms with Crippen LogP contribution in [0.1, 0.15) is 23.4 Å². The number of aromatic nitrogens is 2. The molecule has 4 aromatic rings. The van der Waals surface area contributed by atoms with E-state index in [0.717, 1.165) is 23.1 Å². The van der Waals surface area contributed by atoms with Crippen molar-refractivity contribution >= 4 is 34.2 Å². The maximum atomic E-state index is 12.9. The third-order valence-electron chi connectivity index (χ3n) is 5.58. The summed E-state index contributed by atoms with van der Waals surface area (Å²) in [4.78, 5) is 17.6. The Morgan fingerprint density at radius 1 is 1.06 bits per heavy atom. The minimum Gasteiger partial charge on any atom is -0.493 e. The molecule has 0 radical (unpaired) electrons. The van der Waals surface area contributed by atoms with Crippen molar-refractivity contribution in [3.63, 3.8) is 0 Å². The quantitative estimate of drug-likeness (QED) is 0.403. The molecule has 5 nitrogen and oxygen atoms in total. The SMILES string of the molecule is COc1cc(/C=C2\CCn3c2nc2cc(Cl)ccc2c3=O)ccc1OCc1ccccc1. The van der Waals surface area contributed by atoms with E-state index in [9.17, 15) is 4.79 Å². The van der Waals surface area contributed by atoms with Crippen LogP contribution >= 0.6 is 11.6 Å². The van der Waals surface area contributed by atoms with Gasteiger partial charge < -0.3 is 9.47 Å². The molecule has 1 aliphatic rings. The number of fused-ring (bicyclic) bond motifs is 2. The lowest BCUT2D eigenvalue weighted by Gasteiger charge is -2.12. The predicted octanol–water partition coefficient (Wildman–Crippen LogP) is 5.58. The molecule has 32 heavy (non-hydrogen) atoms. The zero-order chi connectivity index (χ0) is 22.1. The summed E-state index contributed by atoms with van der Waals surface area (Å²) in [6.45, 7) is 1.08. The largest absolute Gasteiger partial charge is 0.493 e. The number of methoxy groups -OCH3 is 1. The molecule has 0 fully saturated rings. The molecule has 1 aromatic heterocycles. The van der Waals surface area contributed by atoms with E-state index >= 15 is 0 Å². The summed E-state index contributed by atoms with van der Waals surface area (Å²) in [5, 5.41) is 1.15. The molecule has 2 heterocycles. The normalized spacial score (nSPS) is 14.0. The first-order valence-electron chi connectivity index (χ1n) is 10.4. The molecule has 5 rings (SSSR count). The average Bonchev–Trinajstić information content (AvgIpc) is 3.21. The van der Waals surface area contributed by atoms with Gasteiger partial charge in [0.05, 0.1) is 18.0 Å². The van der Waals surface area contributed by atoms with Crippen LogP contribution in [-0.4, -0.2) is 16.7 Å². The van der Waals surface area contributed by atoms with Crippen molar-refractivity contribution in [3.8, 4) is 11.5 Å². The number of rotatable bonds is 5. The van der Waals surface area contributed by atoms with Gasteiger partial charge in [-0.3, -0.25) is 9.36 Å². The minimum absolute atomic E-state index is 0.0349. The Hall–Kier alpha value is -3.57. The molecule has 0 aliphatic carbocycles. The van der Waals surface area contributed by atoms with Gasteiger partial charge in [-0.05, 0) is 59.5 Å². The van der Waals surface area contributed by atoms with Gasteiger partial charge in [-0.1, -0.05) is 48.0 Å². The van der Waals surface area contributed by atoms with Crippen molar-refractivity contribution in [2.24, 2.45) is 0 Å². The van der Waals surface area contributed by atoms with E-state index in [1.54, 1.807) is 29.9 Å². The maximum Gasteiger partial charge on any atom is 0.261 e. The van der Waals surface area contributed by atoms with E-state index < -0.39 is 0 Å². The summed E-state index contributed by atoms with van der Waals surface area (Å²) in [5.41, 5.74) is 3.63. The van der Waals surface area contributed by atoms with E-state index in [1.165, 1.54) is 0 Å². The topological polar surface area (TPSA) is 53.4 Å². The number of halogens is 1. The van der Waals surface area contributed by atoms with Gasteiger partial charge in [0.25, 0.3) is 5.56 Å². The summed E-state index contributed by atoms with van der Waals surface area (Å²) in [7, 11) is 1.63. The van der Waals surface area contributed by atoms with Crippen molar-refractivity contribution < 1.29 is 9.47 Å². The van der Waals surface area contributed by atoms with Crippen LogP contribution in [0.25, 0.3) is 22.6 Å². The van der Waals surface area contributed by atoms with E-state index in [2.05, 4.69) is 0 Å². The van der Waals surface area contributed by atoms with Gasteiger partial charge in [0.15, 0.2) is 11.5 Å². The molecule has 0 atom stereocenters. The summed E-state index contributed by atoms with van der Waals surface area (Å²) >= 11 is 6.11. The molecule has 0 saturated heterocycles. The number of hydrogen-bond donors (Lipinski definition) is 0. The molecule has 0 saturated carbocycles. The predicted molar refractivity (Wildman–Crippen MR) is 127 cm³/mol. The summed E-state index contributed by atoms with van der Waals surface area (Å²) < 4.78 is 13.2. The first kappa shape index (κ1) is 20.3. The lowest BCUT2D eigenvalue weighted by Crippen LogP contribution is -2.20. The molecule has 0 spiro atoms. The molecule has 0 unspecified atom stereocenters. The molecular formula is C26H21ClN2O3. The lowest BCUT2D eigenvalue weighted by atomic mass is 10.1. The third kappa shape index (κ3) is 3.87. The highest BCUT2D eigenvalue weighted by molar-refractivity contribution is 6.31. The molecular weight excluding hydrogens is 424 g/mol. The minimum atomic E-state index is -0.0349. The Labute approximate surface area is 190 Å². The van der Waals surface area contributed by atoms with Gasteiger partial charge in [0, 0.05) is 11.6 Å². The number of ether oxygens (including phenoxy) is 2. The fraction of sp³-hybridized carbons (Fsp3) is 0.154. The van der Waals surface area contributed by atoms with Crippen molar-refractivity contribution in [1.29, 1.82) is 0 Å². The summed E-state index contributed by atoms with van der Waals surface area (Å²) in [5.74, 6) is 2.03. The maximum absolute atomic E-state index is 12.9. The van der Waals surface area contributed by atoms with E-state index in [-0.39, 0.29) is 5.56 Å². The second-order valence-electron chi connectivity index (χ2n) is 7.66. The van der Waals surface area contributed by atoms with E-state index in [1.807, 2.05) is 54.6 Å². The summed E-state index contributed by atoms with van der Waals surface area (Å²) in [6, 6.07) is 21.0. The lowest BCUT2D eigenvalue weighted by molar-refractivity contribution is 0.284. The van der Waals surface area contributed by atoms with Crippen LogP contribution in [0.5, 0.6) is 11.5 Å². The van der Waals surface area contributed by atoms with Crippen LogP contribution in [-0.2, 0) is 13.2 Å². The zero-order valence-corrected chi connectivity index (χ0v) is 18.3. The Kier molecular flexibility index (Phi) is 5.41. The van der Waals surface area contributed by atoms with Gasteiger partial charge in [0.1, 0.15) is 12.4 Å². The second-order valence-corrected chi connectivity index (χ2v) is 8.09. The highest BCUT2D eigenvalue weighted by Gasteiger charge is 2.21. The standard InChI is InChI=1S/C26H21ClN2O3/c1-31-24-14-18(7-10-23(24)32-16-17-5-3-2-4-6-17)13-19-11-12-29-25(19)28-22-15-20(27)8-9-21(22)26(29)30/h2-10,13-15H,11-12,16H2,1H3/b19-13+. The Balaban J connectivity index is 1.46. The van der Waals surface area contributed by atoms with Crippen LogP contribution < -0.4 is 15.0 Å². The molecule has 1 aliphatic heterocycles. The fourth-order valence-electron chi connectivity index (χ4n) is 3.96. The first-order valence-corrected chi connectivity index (χ1v) is 10.8. The van der Waals surface area contributed by atoms with Crippen molar-refractivity contribution in [3.05, 3.63) is 99.1 Å². The van der Waals surface area contributed by atoms with E-state index in [4.69, 9.17) is 26.1 Å². The van der Waals surface area contributed by atoms with Crippen LogP contribution in [0.4, 0.5) is 0 Å². The molecule has 0 N–H and O–H groups in total. The number of benzene rings is 3. The van der Waals surface area contributed by atoms with Crippen LogP contribution in [0.3, 0.4) is 0 Å². The highest BCUT2D eigenvalue weighted by Crippen LogP contribution is 2.32. The van der Waals surface area contributed by atoms with Gasteiger partial charge >= 0.3 is 0 Å². The van der Waals surface area contributed by atoms with Crippen molar-refractivity contribution in [2.75, 3.05) is 7.11 Å². The Morgan fingerprint density at radius 2 is 1.91 bits per heavy atom. The highest BCUT2D eigenvalue weighted by atomic mass is 35.5. The number of hydrogen-bond acceptors (Lipinski definition) is 4. The Bertz CT molecular complexity index is 1390. The third-order valence-corrected chi connectivity index (χ3v) is 5.81. The van der Waals surface area contributed by atoms with Gasteiger partial charge in [-0.2, -0.15) is 0 Å².